The molecule has 0 aliphatic heterocycles. The van der Waals surface area contributed by atoms with Crippen LogP contribution < -0.4 is 9.57 Å². The number of hydrogen-bond acceptors (Lipinski definition) is 5. The van der Waals surface area contributed by atoms with Gasteiger partial charge in [0.1, 0.15) is 17.2 Å². The van der Waals surface area contributed by atoms with Gasteiger partial charge in [0.05, 0.1) is 5.69 Å². The molecule has 1 aromatic rings. The Morgan fingerprint density at radius 2 is 2.11 bits per heavy atom. The third kappa shape index (κ3) is 5.41. The first-order valence-corrected chi connectivity index (χ1v) is 6.07. The minimum atomic E-state index is -0.730. The average Bonchev–Trinajstić information content (AvgIpc) is 2.23. The van der Waals surface area contributed by atoms with Crippen LogP contribution in [0.5, 0.6) is 5.75 Å². The van der Waals surface area contributed by atoms with Gasteiger partial charge in [-0.1, -0.05) is 9.39 Å². The second-order valence-corrected chi connectivity index (χ2v) is 5.28. The number of carbonyl (C=O) groups excluding carboxylic acids is 1. The van der Waals surface area contributed by atoms with E-state index >= 15 is 0 Å². The third-order valence-electron chi connectivity index (χ3n) is 1.93. The fraction of sp³-hybridized carbons (Fsp3) is 0.417. The van der Waals surface area contributed by atoms with Gasteiger partial charge in [0.25, 0.3) is 0 Å². The Kier molecular flexibility index (Phi) is 5.09. The predicted molar refractivity (Wildman–Crippen MR) is 73.3 cm³/mol. The van der Waals surface area contributed by atoms with E-state index in [0.717, 1.165) is 6.07 Å². The molecule has 19 heavy (non-hydrogen) atoms. The molecule has 0 aromatic heterocycles. The zero-order valence-electron chi connectivity index (χ0n) is 11.0. The van der Waals surface area contributed by atoms with E-state index in [4.69, 9.17) is 9.47 Å². The highest BCUT2D eigenvalue weighted by Gasteiger charge is 2.16. The monoisotopic (exact) mass is 288 g/mol. The van der Waals surface area contributed by atoms with E-state index in [9.17, 15) is 14.4 Å². The molecule has 0 aliphatic rings. The van der Waals surface area contributed by atoms with Crippen LogP contribution in [0.1, 0.15) is 20.8 Å². The maximum Gasteiger partial charge on any atom is 0.344 e. The van der Waals surface area contributed by atoms with Crippen molar-refractivity contribution in [3.63, 3.8) is 0 Å². The number of anilines is 1. The van der Waals surface area contributed by atoms with Crippen LogP contribution in [0.25, 0.3) is 0 Å². The molecule has 0 saturated carbocycles. The molecule has 1 rings (SSSR count). The minimum Gasteiger partial charge on any atom is -0.755 e. The van der Waals surface area contributed by atoms with Gasteiger partial charge >= 0.3 is 5.97 Å². The number of halogens is 1. The van der Waals surface area contributed by atoms with Gasteiger partial charge in [0.2, 0.25) is 0 Å². The molecule has 1 unspecified atom stereocenters. The topological polar surface area (TPSA) is 61.8 Å². The lowest BCUT2D eigenvalue weighted by atomic mass is 10.2. The SMILES string of the molecule is CC(C)(C)OC(=O)COc1ccc(N([O-])P)c(F)c1. The Balaban J connectivity index is 2.59. The Hall–Kier alpha value is -1.39. The van der Waals surface area contributed by atoms with E-state index < -0.39 is 17.4 Å². The highest BCUT2D eigenvalue weighted by molar-refractivity contribution is 7.19. The van der Waals surface area contributed by atoms with Gasteiger partial charge < -0.3 is 19.5 Å². The summed E-state index contributed by atoms with van der Waals surface area (Å²) in [4.78, 5) is 11.7. The van der Waals surface area contributed by atoms with E-state index in [1.807, 2.05) is 9.39 Å². The second-order valence-electron chi connectivity index (χ2n) is 4.81. The second kappa shape index (κ2) is 6.17. The maximum atomic E-state index is 13.4. The normalized spacial score (nSPS) is 11.1. The van der Waals surface area contributed by atoms with Gasteiger partial charge in [-0.15, -0.1) is 0 Å². The van der Waals surface area contributed by atoms with Crippen LogP contribution in [0.2, 0.25) is 0 Å². The Bertz CT molecular complexity index is 460. The molecule has 1 atom stereocenters. The van der Waals surface area contributed by atoms with Crippen LogP contribution in [0.3, 0.4) is 0 Å². The van der Waals surface area contributed by atoms with Crippen molar-refractivity contribution in [1.29, 1.82) is 0 Å². The number of ether oxygens (including phenoxy) is 2. The molecule has 106 valence electrons. The lowest BCUT2D eigenvalue weighted by Gasteiger charge is -2.24. The molecule has 7 heteroatoms. The molecule has 0 saturated heterocycles. The van der Waals surface area contributed by atoms with Crippen molar-refractivity contribution in [2.24, 2.45) is 0 Å². The van der Waals surface area contributed by atoms with Gasteiger partial charge in [-0.2, -0.15) is 0 Å². The van der Waals surface area contributed by atoms with E-state index in [-0.39, 0.29) is 18.0 Å². The van der Waals surface area contributed by atoms with E-state index in [1.165, 1.54) is 12.1 Å². The molecule has 0 aliphatic carbocycles. The van der Waals surface area contributed by atoms with Crippen LogP contribution in [-0.2, 0) is 9.53 Å². The molecule has 0 amide bonds. The number of benzene rings is 1. The third-order valence-corrected chi connectivity index (χ3v) is 2.21. The predicted octanol–water partition coefficient (Wildman–Crippen LogP) is 2.64. The average molecular weight is 288 g/mol. The molecule has 0 radical (unpaired) electrons. The Morgan fingerprint density at radius 3 is 2.58 bits per heavy atom. The first-order valence-electron chi connectivity index (χ1n) is 5.55. The first-order chi connectivity index (χ1) is 8.69. The lowest BCUT2D eigenvalue weighted by molar-refractivity contribution is -0.157. The fourth-order valence-electron chi connectivity index (χ4n) is 1.27. The summed E-state index contributed by atoms with van der Waals surface area (Å²) in [6.45, 7) is 4.89. The summed E-state index contributed by atoms with van der Waals surface area (Å²) in [5.74, 6) is -1.13. The van der Waals surface area contributed by atoms with E-state index in [2.05, 4.69) is 0 Å². The number of esters is 1. The standard InChI is InChI=1S/C12H16FNO4P/c1-12(2,3)18-11(15)7-17-8-4-5-10(14(16)19)9(13)6-8/h4-6H,7,19H2,1-3H3/q-1. The summed E-state index contributed by atoms with van der Waals surface area (Å²) in [7, 11) is 1.81. The van der Waals surface area contributed by atoms with Crippen LogP contribution in [-0.4, -0.2) is 18.2 Å². The molecule has 0 heterocycles. The zero-order valence-corrected chi connectivity index (χ0v) is 12.1. The van der Waals surface area contributed by atoms with E-state index in [1.54, 1.807) is 20.8 Å². The van der Waals surface area contributed by atoms with Crippen molar-refractivity contribution in [3.05, 3.63) is 29.2 Å². The van der Waals surface area contributed by atoms with Crippen molar-refractivity contribution in [2.45, 2.75) is 26.4 Å². The molecule has 0 fully saturated rings. The highest BCUT2D eigenvalue weighted by atomic mass is 31.0. The van der Waals surface area contributed by atoms with Gasteiger partial charge in [-0.25, -0.2) is 9.18 Å². The van der Waals surface area contributed by atoms with Crippen LogP contribution in [0.15, 0.2) is 18.2 Å². The van der Waals surface area contributed by atoms with Crippen molar-refractivity contribution in [1.82, 2.24) is 0 Å². The van der Waals surface area contributed by atoms with Gasteiger partial charge in [0, 0.05) is 6.07 Å². The van der Waals surface area contributed by atoms with Crippen molar-refractivity contribution in [3.8, 4) is 5.75 Å². The zero-order chi connectivity index (χ0) is 14.6. The number of rotatable bonds is 4. The molecule has 0 bridgehead atoms. The van der Waals surface area contributed by atoms with E-state index in [0.29, 0.717) is 4.83 Å². The Labute approximate surface area is 113 Å². The highest BCUT2D eigenvalue weighted by Crippen LogP contribution is 2.25. The first kappa shape index (κ1) is 15.7. The fourth-order valence-corrected chi connectivity index (χ4v) is 1.48. The smallest absolute Gasteiger partial charge is 0.344 e. The Morgan fingerprint density at radius 1 is 1.47 bits per heavy atom. The van der Waals surface area contributed by atoms with Crippen molar-refractivity contribution < 1.29 is 18.7 Å². The summed E-state index contributed by atoms with van der Waals surface area (Å²) in [6, 6.07) is 3.70. The molecule has 5 nitrogen and oxygen atoms in total. The van der Waals surface area contributed by atoms with Crippen LogP contribution >= 0.6 is 9.39 Å². The lowest BCUT2D eigenvalue weighted by Crippen LogP contribution is -2.27. The number of carbonyl (C=O) groups is 1. The summed E-state index contributed by atoms with van der Waals surface area (Å²) in [5.41, 5.74) is -0.729. The number of hydrogen-bond donors (Lipinski definition) is 0. The van der Waals surface area contributed by atoms with Gasteiger partial charge in [-0.3, -0.25) is 0 Å². The summed E-state index contributed by atoms with van der Waals surface area (Å²) < 4.78 is 23.6. The molecular weight excluding hydrogens is 272 g/mol. The van der Waals surface area contributed by atoms with Crippen molar-refractivity contribution in [2.75, 3.05) is 11.4 Å². The van der Waals surface area contributed by atoms with Gasteiger partial charge in [0.15, 0.2) is 6.61 Å². The summed E-state index contributed by atoms with van der Waals surface area (Å²) in [5, 5.41) is 10.9. The van der Waals surface area contributed by atoms with Crippen molar-refractivity contribution >= 4 is 21.0 Å². The minimum absolute atomic E-state index is 0.130. The molecular formula is C12H16FNO4P-. The maximum absolute atomic E-state index is 13.4. The molecule has 0 spiro atoms. The van der Waals surface area contributed by atoms with Crippen LogP contribution in [0.4, 0.5) is 10.1 Å². The van der Waals surface area contributed by atoms with Crippen LogP contribution in [0, 0.1) is 11.0 Å². The number of nitrogens with zero attached hydrogens (tertiary/aromatic N) is 1. The quantitative estimate of drug-likeness (QED) is 0.484. The van der Waals surface area contributed by atoms with Gasteiger partial charge in [-0.05, 0) is 32.9 Å². The largest absolute Gasteiger partial charge is 0.755 e. The molecule has 0 N–H and O–H groups in total. The summed E-state index contributed by atoms with van der Waals surface area (Å²) >= 11 is 0. The summed E-state index contributed by atoms with van der Waals surface area (Å²) in [6.07, 6.45) is 0. The molecule has 1 aromatic carbocycles.